The summed E-state index contributed by atoms with van der Waals surface area (Å²) in [6, 6.07) is 6.97. The zero-order valence-corrected chi connectivity index (χ0v) is 10.3. The second-order valence-electron chi connectivity index (χ2n) is 6.23. The third-order valence-corrected chi connectivity index (χ3v) is 5.31. The van der Waals surface area contributed by atoms with E-state index >= 15 is 0 Å². The van der Waals surface area contributed by atoms with Crippen LogP contribution in [0, 0.1) is 30.6 Å². The van der Waals surface area contributed by atoms with E-state index in [1.807, 2.05) is 6.07 Å². The van der Waals surface area contributed by atoms with E-state index in [-0.39, 0.29) is 0 Å². The summed E-state index contributed by atoms with van der Waals surface area (Å²) in [7, 11) is 0. The zero-order chi connectivity index (χ0) is 11.6. The van der Waals surface area contributed by atoms with Gasteiger partial charge < -0.3 is 11.1 Å². The number of hydrogen-bond acceptors (Lipinski definition) is 2. The van der Waals surface area contributed by atoms with Gasteiger partial charge in [-0.15, -0.1) is 0 Å². The van der Waals surface area contributed by atoms with Crippen molar-refractivity contribution >= 4 is 11.4 Å². The van der Waals surface area contributed by atoms with Crippen molar-refractivity contribution in [2.24, 2.45) is 23.7 Å². The first kappa shape index (κ1) is 9.81. The zero-order valence-electron chi connectivity index (χ0n) is 10.3. The van der Waals surface area contributed by atoms with Gasteiger partial charge in [0, 0.05) is 17.4 Å². The number of fused-ring (bicyclic) bond motifs is 5. The number of benzene rings is 1. The van der Waals surface area contributed by atoms with Crippen molar-refractivity contribution in [1.82, 2.24) is 0 Å². The molecular weight excluding hydrogens is 208 g/mol. The molecule has 3 fully saturated rings. The standard InChI is InChI=1S/C15H20N2/c1-8-6-11(16)4-5-12(8)17-15-13-9-2-3-10(7-9)14(13)15/h4-6,9-10,13-15,17H,2-3,7,16H2,1H3. The quantitative estimate of drug-likeness (QED) is 0.764. The minimum atomic E-state index is 0.767. The lowest BCUT2D eigenvalue weighted by molar-refractivity contribution is 0.456. The molecule has 2 heteroatoms. The lowest BCUT2D eigenvalue weighted by Gasteiger charge is -2.14. The number of rotatable bonds is 2. The number of nitrogens with two attached hydrogens (primary N) is 1. The molecule has 4 atom stereocenters. The van der Waals surface area contributed by atoms with Gasteiger partial charge in [0.25, 0.3) is 0 Å². The van der Waals surface area contributed by atoms with Crippen LogP contribution in [0.2, 0.25) is 0 Å². The van der Waals surface area contributed by atoms with Crippen molar-refractivity contribution in [3.05, 3.63) is 23.8 Å². The first-order valence-corrected chi connectivity index (χ1v) is 6.87. The van der Waals surface area contributed by atoms with Crippen LogP contribution in [0.3, 0.4) is 0 Å². The van der Waals surface area contributed by atoms with E-state index < -0.39 is 0 Å². The van der Waals surface area contributed by atoms with Crippen LogP contribution in [0.25, 0.3) is 0 Å². The van der Waals surface area contributed by atoms with Crippen molar-refractivity contribution < 1.29 is 0 Å². The van der Waals surface area contributed by atoms with Crippen molar-refractivity contribution in [2.75, 3.05) is 11.1 Å². The molecule has 4 rings (SSSR count). The highest BCUT2D eigenvalue weighted by Crippen LogP contribution is 2.66. The first-order chi connectivity index (χ1) is 8.24. The maximum atomic E-state index is 5.79. The van der Waals surface area contributed by atoms with E-state index in [1.54, 1.807) is 0 Å². The Hall–Kier alpha value is -1.18. The third kappa shape index (κ3) is 1.33. The smallest absolute Gasteiger partial charge is 0.0373 e. The molecule has 0 aromatic heterocycles. The Kier molecular flexibility index (Phi) is 1.84. The maximum absolute atomic E-state index is 5.79. The Labute approximate surface area is 103 Å². The highest BCUT2D eigenvalue weighted by atomic mass is 15.0. The summed E-state index contributed by atoms with van der Waals surface area (Å²) in [5, 5.41) is 3.76. The Morgan fingerprint density at radius 2 is 1.88 bits per heavy atom. The van der Waals surface area contributed by atoms with Crippen molar-refractivity contribution in [2.45, 2.75) is 32.2 Å². The summed E-state index contributed by atoms with van der Waals surface area (Å²) >= 11 is 0. The minimum Gasteiger partial charge on any atom is -0.399 e. The maximum Gasteiger partial charge on any atom is 0.0373 e. The number of aryl methyl sites for hydroxylation is 1. The molecule has 0 radical (unpaired) electrons. The Balaban J connectivity index is 1.52. The van der Waals surface area contributed by atoms with E-state index in [0.29, 0.717) is 0 Å². The fraction of sp³-hybridized carbons (Fsp3) is 0.600. The Morgan fingerprint density at radius 1 is 1.18 bits per heavy atom. The molecule has 0 saturated heterocycles. The third-order valence-electron chi connectivity index (χ3n) is 5.31. The van der Waals surface area contributed by atoms with Crippen LogP contribution < -0.4 is 11.1 Å². The first-order valence-electron chi connectivity index (χ1n) is 6.87. The lowest BCUT2D eigenvalue weighted by atomic mass is 10.0. The summed E-state index contributed by atoms with van der Waals surface area (Å²) in [5.74, 6) is 4.06. The van der Waals surface area contributed by atoms with Gasteiger partial charge >= 0.3 is 0 Å². The molecule has 2 bridgehead atoms. The number of nitrogens with one attached hydrogen (secondary N) is 1. The predicted molar refractivity (Wildman–Crippen MR) is 70.8 cm³/mol. The summed E-state index contributed by atoms with van der Waals surface area (Å²) in [6.07, 6.45) is 4.50. The molecule has 1 aromatic rings. The molecule has 0 amide bonds. The number of nitrogen functional groups attached to an aromatic ring is 1. The van der Waals surface area contributed by atoms with Gasteiger partial charge in [0.05, 0.1) is 0 Å². The molecule has 0 heterocycles. The van der Waals surface area contributed by atoms with Gasteiger partial charge in [-0.2, -0.15) is 0 Å². The van der Waals surface area contributed by atoms with E-state index in [2.05, 4.69) is 24.4 Å². The molecule has 0 spiro atoms. The van der Waals surface area contributed by atoms with Gasteiger partial charge in [0.1, 0.15) is 0 Å². The van der Waals surface area contributed by atoms with Gasteiger partial charge in [-0.25, -0.2) is 0 Å². The summed E-state index contributed by atoms with van der Waals surface area (Å²) in [5.41, 5.74) is 9.23. The molecule has 17 heavy (non-hydrogen) atoms. The average Bonchev–Trinajstić information content (AvgIpc) is 2.70. The van der Waals surface area contributed by atoms with Gasteiger partial charge in [-0.3, -0.25) is 0 Å². The summed E-state index contributed by atoms with van der Waals surface area (Å²) < 4.78 is 0. The van der Waals surface area contributed by atoms with Gasteiger partial charge in [0.15, 0.2) is 0 Å². The Morgan fingerprint density at radius 3 is 2.53 bits per heavy atom. The molecule has 1 aromatic carbocycles. The summed E-state index contributed by atoms with van der Waals surface area (Å²) in [6.45, 7) is 2.14. The fourth-order valence-electron chi connectivity index (χ4n) is 4.55. The van der Waals surface area contributed by atoms with E-state index in [1.165, 1.54) is 30.5 Å². The average molecular weight is 228 g/mol. The van der Waals surface area contributed by atoms with Gasteiger partial charge in [-0.1, -0.05) is 0 Å². The normalized spacial score (nSPS) is 41.4. The fourth-order valence-corrected chi connectivity index (χ4v) is 4.55. The second kappa shape index (κ2) is 3.18. The molecule has 3 aliphatic rings. The molecule has 3 saturated carbocycles. The predicted octanol–water partition coefficient (Wildman–Crippen LogP) is 3.03. The van der Waals surface area contributed by atoms with Gasteiger partial charge in [0.2, 0.25) is 0 Å². The molecular formula is C15H20N2. The molecule has 4 unspecified atom stereocenters. The van der Waals surface area contributed by atoms with Crippen molar-refractivity contribution in [1.29, 1.82) is 0 Å². The lowest BCUT2D eigenvalue weighted by Crippen LogP contribution is -2.13. The van der Waals surface area contributed by atoms with Gasteiger partial charge in [-0.05, 0) is 73.6 Å². The van der Waals surface area contributed by atoms with Crippen LogP contribution in [0.15, 0.2) is 18.2 Å². The van der Waals surface area contributed by atoms with Crippen LogP contribution in [-0.4, -0.2) is 6.04 Å². The largest absolute Gasteiger partial charge is 0.399 e. The van der Waals surface area contributed by atoms with Crippen LogP contribution in [0.4, 0.5) is 11.4 Å². The molecule has 90 valence electrons. The minimum absolute atomic E-state index is 0.767. The molecule has 0 aliphatic heterocycles. The topological polar surface area (TPSA) is 38.0 Å². The highest BCUT2D eigenvalue weighted by Gasteiger charge is 2.64. The number of anilines is 2. The SMILES string of the molecule is Cc1cc(N)ccc1NC1C2C3CCC(C3)C12. The van der Waals surface area contributed by atoms with Crippen molar-refractivity contribution in [3.8, 4) is 0 Å². The highest BCUT2D eigenvalue weighted by molar-refractivity contribution is 5.59. The van der Waals surface area contributed by atoms with E-state index in [9.17, 15) is 0 Å². The molecule has 3 N–H and O–H groups in total. The van der Waals surface area contributed by atoms with E-state index in [4.69, 9.17) is 5.73 Å². The van der Waals surface area contributed by atoms with Crippen molar-refractivity contribution in [3.63, 3.8) is 0 Å². The van der Waals surface area contributed by atoms with Crippen LogP contribution in [0.1, 0.15) is 24.8 Å². The monoisotopic (exact) mass is 228 g/mol. The van der Waals surface area contributed by atoms with Crippen LogP contribution in [0.5, 0.6) is 0 Å². The molecule has 2 nitrogen and oxygen atoms in total. The molecule has 3 aliphatic carbocycles. The summed E-state index contributed by atoms with van der Waals surface area (Å²) in [4.78, 5) is 0. The van der Waals surface area contributed by atoms with Crippen LogP contribution >= 0.6 is 0 Å². The van der Waals surface area contributed by atoms with E-state index in [0.717, 1.165) is 35.4 Å². The number of hydrogen-bond donors (Lipinski definition) is 2. The van der Waals surface area contributed by atoms with Crippen LogP contribution in [-0.2, 0) is 0 Å². The Bertz CT molecular complexity index is 452. The second-order valence-corrected chi connectivity index (χ2v) is 6.23.